The maximum atomic E-state index is 3.71. The van der Waals surface area contributed by atoms with E-state index in [1.807, 2.05) is 0 Å². The van der Waals surface area contributed by atoms with Gasteiger partial charge in [0.05, 0.1) is 0 Å². The number of nitrogens with zero attached hydrogens (tertiary/aromatic N) is 1. The molecule has 1 rings (SSSR count). The summed E-state index contributed by atoms with van der Waals surface area (Å²) in [5.74, 6) is 0.755. The molecule has 1 fully saturated rings. The summed E-state index contributed by atoms with van der Waals surface area (Å²) in [7, 11) is 2.30. The van der Waals surface area contributed by atoms with E-state index >= 15 is 0 Å². The van der Waals surface area contributed by atoms with Crippen molar-refractivity contribution in [1.29, 1.82) is 0 Å². The van der Waals surface area contributed by atoms with Gasteiger partial charge in [0.15, 0.2) is 0 Å². The van der Waals surface area contributed by atoms with Gasteiger partial charge in [0, 0.05) is 19.6 Å². The summed E-state index contributed by atoms with van der Waals surface area (Å²) in [6.45, 7) is 16.4. The Kier molecular flexibility index (Phi) is 6.32. The van der Waals surface area contributed by atoms with Gasteiger partial charge in [-0.25, -0.2) is 0 Å². The average Bonchev–Trinajstić information content (AvgIpc) is 2.62. The van der Waals surface area contributed by atoms with Crippen LogP contribution in [0.2, 0.25) is 0 Å². The standard InChI is InChI=1S/C17H36N2/c1-15(2)11-18-12-17(9-7-8-10-17)14-19(6)13-16(3,4)5/h15,18H,7-14H2,1-6H3. The molecule has 1 N–H and O–H groups in total. The lowest BCUT2D eigenvalue weighted by Crippen LogP contribution is -2.44. The van der Waals surface area contributed by atoms with Gasteiger partial charge >= 0.3 is 0 Å². The molecule has 2 nitrogen and oxygen atoms in total. The van der Waals surface area contributed by atoms with E-state index in [0.717, 1.165) is 12.5 Å². The predicted octanol–water partition coefficient (Wildman–Crippen LogP) is 3.77. The third-order valence-electron chi connectivity index (χ3n) is 4.07. The molecule has 0 aromatic rings. The van der Waals surface area contributed by atoms with E-state index in [0.29, 0.717) is 10.8 Å². The van der Waals surface area contributed by atoms with Gasteiger partial charge in [0.25, 0.3) is 0 Å². The largest absolute Gasteiger partial charge is 0.316 e. The summed E-state index contributed by atoms with van der Waals surface area (Å²) in [5, 5.41) is 3.71. The monoisotopic (exact) mass is 268 g/mol. The molecule has 0 aromatic carbocycles. The van der Waals surface area contributed by atoms with Crippen LogP contribution in [0.15, 0.2) is 0 Å². The predicted molar refractivity (Wildman–Crippen MR) is 85.6 cm³/mol. The van der Waals surface area contributed by atoms with Crippen LogP contribution in [0.3, 0.4) is 0 Å². The molecule has 0 aromatic heterocycles. The van der Waals surface area contributed by atoms with Crippen LogP contribution in [0.5, 0.6) is 0 Å². The Morgan fingerprint density at radius 1 is 1.16 bits per heavy atom. The Morgan fingerprint density at radius 3 is 2.21 bits per heavy atom. The first-order valence-electron chi connectivity index (χ1n) is 8.12. The molecule has 0 unspecified atom stereocenters. The molecule has 19 heavy (non-hydrogen) atoms. The maximum Gasteiger partial charge on any atom is 0.00473 e. The highest BCUT2D eigenvalue weighted by Crippen LogP contribution is 2.38. The zero-order valence-corrected chi connectivity index (χ0v) is 14.2. The highest BCUT2D eigenvalue weighted by Gasteiger charge is 2.35. The number of nitrogens with one attached hydrogen (secondary N) is 1. The van der Waals surface area contributed by atoms with Crippen molar-refractivity contribution in [3.05, 3.63) is 0 Å². The van der Waals surface area contributed by atoms with Gasteiger partial charge in [-0.3, -0.25) is 0 Å². The van der Waals surface area contributed by atoms with Gasteiger partial charge in [-0.1, -0.05) is 47.5 Å². The minimum Gasteiger partial charge on any atom is -0.316 e. The molecule has 0 saturated heterocycles. The van der Waals surface area contributed by atoms with Crippen molar-refractivity contribution >= 4 is 0 Å². The molecule has 0 atom stereocenters. The first-order chi connectivity index (χ1) is 8.72. The van der Waals surface area contributed by atoms with E-state index < -0.39 is 0 Å². The van der Waals surface area contributed by atoms with Crippen LogP contribution in [-0.2, 0) is 0 Å². The zero-order valence-electron chi connectivity index (χ0n) is 14.2. The Balaban J connectivity index is 2.47. The molecule has 0 spiro atoms. The molecule has 0 bridgehead atoms. The third kappa shape index (κ3) is 6.76. The fraction of sp³-hybridized carbons (Fsp3) is 1.00. The molecule has 1 aliphatic rings. The summed E-state index contributed by atoms with van der Waals surface area (Å²) < 4.78 is 0. The van der Waals surface area contributed by atoms with Gasteiger partial charge in [-0.2, -0.15) is 0 Å². The van der Waals surface area contributed by atoms with Gasteiger partial charge in [-0.05, 0) is 43.2 Å². The van der Waals surface area contributed by atoms with Gasteiger partial charge in [0.1, 0.15) is 0 Å². The van der Waals surface area contributed by atoms with E-state index in [4.69, 9.17) is 0 Å². The second kappa shape index (κ2) is 7.08. The molecule has 0 amide bonds. The minimum atomic E-state index is 0.403. The van der Waals surface area contributed by atoms with Crippen LogP contribution in [0, 0.1) is 16.7 Å². The van der Waals surface area contributed by atoms with E-state index in [1.54, 1.807) is 0 Å². The highest BCUT2D eigenvalue weighted by molar-refractivity contribution is 4.89. The van der Waals surface area contributed by atoms with E-state index in [1.165, 1.54) is 45.3 Å². The molecule has 0 radical (unpaired) electrons. The Hall–Kier alpha value is -0.0800. The smallest absolute Gasteiger partial charge is 0.00473 e. The van der Waals surface area contributed by atoms with Crippen LogP contribution in [0.25, 0.3) is 0 Å². The molecule has 2 heteroatoms. The third-order valence-corrected chi connectivity index (χ3v) is 4.07. The first kappa shape index (κ1) is 17.0. The van der Waals surface area contributed by atoms with Crippen LogP contribution < -0.4 is 5.32 Å². The van der Waals surface area contributed by atoms with E-state index in [9.17, 15) is 0 Å². The molecule has 114 valence electrons. The quantitative estimate of drug-likeness (QED) is 0.756. The van der Waals surface area contributed by atoms with Gasteiger partial charge in [-0.15, -0.1) is 0 Å². The second-order valence-corrected chi connectivity index (χ2v) is 8.46. The topological polar surface area (TPSA) is 15.3 Å². The number of hydrogen-bond donors (Lipinski definition) is 1. The van der Waals surface area contributed by atoms with Crippen molar-refractivity contribution in [1.82, 2.24) is 10.2 Å². The molecule has 0 aliphatic heterocycles. The minimum absolute atomic E-state index is 0.403. The first-order valence-corrected chi connectivity index (χ1v) is 8.12. The van der Waals surface area contributed by atoms with Crippen LogP contribution in [-0.4, -0.2) is 38.1 Å². The molecule has 1 saturated carbocycles. The maximum absolute atomic E-state index is 3.71. The lowest BCUT2D eigenvalue weighted by atomic mass is 9.84. The normalized spacial score (nSPS) is 19.6. The fourth-order valence-electron chi connectivity index (χ4n) is 3.58. The average molecular weight is 268 g/mol. The Bertz CT molecular complexity index is 246. The van der Waals surface area contributed by atoms with E-state index in [-0.39, 0.29) is 0 Å². The molecular weight excluding hydrogens is 232 g/mol. The summed E-state index contributed by atoms with van der Waals surface area (Å²) in [6, 6.07) is 0. The van der Waals surface area contributed by atoms with Crippen molar-refractivity contribution in [3.8, 4) is 0 Å². The summed E-state index contributed by atoms with van der Waals surface area (Å²) in [5.41, 5.74) is 0.939. The summed E-state index contributed by atoms with van der Waals surface area (Å²) in [4.78, 5) is 2.56. The zero-order chi connectivity index (χ0) is 14.5. The Morgan fingerprint density at radius 2 is 1.74 bits per heavy atom. The number of hydrogen-bond acceptors (Lipinski definition) is 2. The van der Waals surface area contributed by atoms with Crippen molar-refractivity contribution in [3.63, 3.8) is 0 Å². The van der Waals surface area contributed by atoms with Gasteiger partial charge < -0.3 is 10.2 Å². The highest BCUT2D eigenvalue weighted by atomic mass is 15.1. The van der Waals surface area contributed by atoms with Gasteiger partial charge in [0.2, 0.25) is 0 Å². The summed E-state index contributed by atoms with van der Waals surface area (Å²) in [6.07, 6.45) is 5.67. The van der Waals surface area contributed by atoms with Crippen molar-refractivity contribution in [2.24, 2.45) is 16.7 Å². The van der Waals surface area contributed by atoms with Crippen molar-refractivity contribution < 1.29 is 0 Å². The van der Waals surface area contributed by atoms with Crippen molar-refractivity contribution in [2.75, 3.05) is 33.2 Å². The SMILES string of the molecule is CC(C)CNCC1(CN(C)CC(C)(C)C)CCCC1. The molecular formula is C17H36N2. The fourth-order valence-corrected chi connectivity index (χ4v) is 3.58. The van der Waals surface area contributed by atoms with Crippen molar-refractivity contribution in [2.45, 2.75) is 60.3 Å². The van der Waals surface area contributed by atoms with Crippen LogP contribution in [0.1, 0.15) is 60.3 Å². The number of rotatable bonds is 7. The molecule has 1 aliphatic carbocycles. The van der Waals surface area contributed by atoms with Crippen LogP contribution >= 0.6 is 0 Å². The lowest BCUT2D eigenvalue weighted by molar-refractivity contribution is 0.137. The second-order valence-electron chi connectivity index (χ2n) is 8.46. The Labute approximate surface area is 121 Å². The summed E-state index contributed by atoms with van der Waals surface area (Å²) >= 11 is 0. The van der Waals surface area contributed by atoms with Crippen LogP contribution in [0.4, 0.5) is 0 Å². The van der Waals surface area contributed by atoms with E-state index in [2.05, 4.69) is 51.9 Å². The molecule has 0 heterocycles. The lowest BCUT2D eigenvalue weighted by Gasteiger charge is -2.36.